The summed E-state index contributed by atoms with van der Waals surface area (Å²) < 4.78 is 0. The molecule has 3 amide bonds. The Morgan fingerprint density at radius 3 is 1.90 bits per heavy atom. The zero-order valence-corrected chi connectivity index (χ0v) is 17.9. The van der Waals surface area contributed by atoms with Crippen LogP contribution in [0.2, 0.25) is 0 Å². The summed E-state index contributed by atoms with van der Waals surface area (Å²) in [4.78, 5) is 29.9. The van der Waals surface area contributed by atoms with Crippen LogP contribution in [0.3, 0.4) is 0 Å². The third-order valence-corrected chi connectivity index (χ3v) is 5.74. The van der Waals surface area contributed by atoms with Crippen LogP contribution in [-0.4, -0.2) is 18.0 Å². The molecular formula is C27H26N2O2. The standard InChI is InChI=1S/C27H26N2O2/c1-19-9-14-23(15-10-19)28-25(18-13-22-7-5-4-6-8-22)21(3)26(30)29(27(28)31)24-16-11-20(2)12-17-24/h4-12,14-17,25H,3,13,18H2,1-2H3. The third-order valence-electron chi connectivity index (χ3n) is 5.74. The number of rotatable bonds is 5. The molecule has 3 aromatic carbocycles. The number of nitrogens with zero attached hydrogens (tertiary/aromatic N) is 2. The summed E-state index contributed by atoms with van der Waals surface area (Å²) in [7, 11) is 0. The SMILES string of the molecule is C=C1C(=O)N(c2ccc(C)cc2)C(=O)N(c2ccc(C)cc2)C1CCc1ccccc1. The molecule has 1 aliphatic heterocycles. The highest BCUT2D eigenvalue weighted by atomic mass is 16.2. The van der Waals surface area contributed by atoms with Crippen LogP contribution < -0.4 is 9.80 Å². The first kappa shape index (κ1) is 20.6. The molecule has 4 heteroatoms. The molecule has 156 valence electrons. The average Bonchev–Trinajstić information content (AvgIpc) is 2.78. The van der Waals surface area contributed by atoms with Crippen LogP contribution in [0.1, 0.15) is 23.1 Å². The molecule has 4 rings (SSSR count). The van der Waals surface area contributed by atoms with Crippen molar-refractivity contribution < 1.29 is 9.59 Å². The second-order valence-electron chi connectivity index (χ2n) is 8.03. The molecule has 0 radical (unpaired) electrons. The first-order valence-corrected chi connectivity index (χ1v) is 10.5. The van der Waals surface area contributed by atoms with Gasteiger partial charge in [-0.25, -0.2) is 9.69 Å². The molecule has 4 nitrogen and oxygen atoms in total. The van der Waals surface area contributed by atoms with Gasteiger partial charge in [-0.3, -0.25) is 9.69 Å². The monoisotopic (exact) mass is 410 g/mol. The van der Waals surface area contributed by atoms with Gasteiger partial charge in [0.15, 0.2) is 0 Å². The minimum atomic E-state index is -0.399. The van der Waals surface area contributed by atoms with E-state index < -0.39 is 6.04 Å². The fraction of sp³-hybridized carbons (Fsp3) is 0.185. The fourth-order valence-electron chi connectivity index (χ4n) is 3.94. The van der Waals surface area contributed by atoms with Crippen molar-refractivity contribution in [2.75, 3.05) is 9.80 Å². The smallest absolute Gasteiger partial charge is 0.286 e. The highest BCUT2D eigenvalue weighted by molar-refractivity contribution is 6.27. The molecule has 1 fully saturated rings. The lowest BCUT2D eigenvalue weighted by Crippen LogP contribution is -2.59. The third kappa shape index (κ3) is 4.15. The number of urea groups is 1. The van der Waals surface area contributed by atoms with Crippen molar-refractivity contribution in [3.05, 3.63) is 108 Å². The van der Waals surface area contributed by atoms with Crippen LogP contribution in [0.25, 0.3) is 0 Å². The van der Waals surface area contributed by atoms with Gasteiger partial charge in [-0.05, 0) is 56.5 Å². The van der Waals surface area contributed by atoms with Crippen LogP contribution in [0.15, 0.2) is 91.0 Å². The summed E-state index contributed by atoms with van der Waals surface area (Å²) in [5.41, 5.74) is 5.09. The Morgan fingerprint density at radius 1 is 0.774 bits per heavy atom. The van der Waals surface area contributed by atoms with Crippen LogP contribution in [0.5, 0.6) is 0 Å². The average molecular weight is 411 g/mol. The summed E-state index contributed by atoms with van der Waals surface area (Å²) in [5, 5.41) is 0. The fourth-order valence-corrected chi connectivity index (χ4v) is 3.94. The van der Waals surface area contributed by atoms with E-state index in [2.05, 4.69) is 18.7 Å². The second kappa shape index (κ2) is 8.60. The molecule has 0 aliphatic carbocycles. The summed E-state index contributed by atoms with van der Waals surface area (Å²) in [6, 6.07) is 24.6. The molecular weight excluding hydrogens is 384 g/mol. The number of carbonyl (C=O) groups is 2. The molecule has 3 aromatic rings. The largest absolute Gasteiger partial charge is 0.336 e. The summed E-state index contributed by atoms with van der Waals surface area (Å²) in [5.74, 6) is -0.338. The molecule has 31 heavy (non-hydrogen) atoms. The number of amides is 3. The zero-order valence-electron chi connectivity index (χ0n) is 17.9. The molecule has 0 N–H and O–H groups in total. The Hall–Kier alpha value is -3.66. The van der Waals surface area contributed by atoms with Gasteiger partial charge in [0.25, 0.3) is 5.91 Å². The van der Waals surface area contributed by atoms with Crippen molar-refractivity contribution in [1.29, 1.82) is 0 Å². The number of anilines is 2. The minimum Gasteiger partial charge on any atom is -0.286 e. The lowest BCUT2D eigenvalue weighted by molar-refractivity contribution is -0.115. The van der Waals surface area contributed by atoms with Gasteiger partial charge < -0.3 is 0 Å². The maximum absolute atomic E-state index is 13.7. The van der Waals surface area contributed by atoms with Crippen LogP contribution in [0, 0.1) is 13.8 Å². The van der Waals surface area contributed by atoms with Crippen molar-refractivity contribution in [2.45, 2.75) is 32.7 Å². The maximum Gasteiger partial charge on any atom is 0.336 e. The lowest BCUT2D eigenvalue weighted by atomic mass is 9.94. The van der Waals surface area contributed by atoms with Gasteiger partial charge in [-0.2, -0.15) is 0 Å². The van der Waals surface area contributed by atoms with E-state index in [-0.39, 0.29) is 11.9 Å². The Kier molecular flexibility index (Phi) is 5.72. The number of hydrogen-bond acceptors (Lipinski definition) is 2. The van der Waals surface area contributed by atoms with Crippen LogP contribution >= 0.6 is 0 Å². The molecule has 0 bridgehead atoms. The molecule has 1 saturated heterocycles. The van der Waals surface area contributed by atoms with Crippen molar-refractivity contribution in [3.8, 4) is 0 Å². The lowest BCUT2D eigenvalue weighted by Gasteiger charge is -2.41. The summed E-state index contributed by atoms with van der Waals surface area (Å²) >= 11 is 0. The molecule has 1 heterocycles. The topological polar surface area (TPSA) is 40.6 Å². The van der Waals surface area contributed by atoms with E-state index in [1.54, 1.807) is 17.0 Å². The van der Waals surface area contributed by atoms with Crippen molar-refractivity contribution in [2.24, 2.45) is 0 Å². The first-order valence-electron chi connectivity index (χ1n) is 10.5. The van der Waals surface area contributed by atoms with E-state index in [4.69, 9.17) is 0 Å². The predicted octanol–water partition coefficient (Wildman–Crippen LogP) is 5.83. The minimum absolute atomic E-state index is 0.338. The summed E-state index contributed by atoms with van der Waals surface area (Å²) in [6.45, 7) is 8.11. The normalized spacial score (nSPS) is 16.7. The number of imide groups is 1. The number of hydrogen-bond donors (Lipinski definition) is 0. The van der Waals surface area contributed by atoms with E-state index in [1.807, 2.05) is 68.4 Å². The molecule has 0 spiro atoms. The van der Waals surface area contributed by atoms with Gasteiger partial charge >= 0.3 is 6.03 Å². The highest BCUT2D eigenvalue weighted by Gasteiger charge is 2.42. The number of carbonyl (C=O) groups excluding carboxylic acids is 2. The second-order valence-corrected chi connectivity index (χ2v) is 8.03. The Balaban J connectivity index is 1.72. The number of benzene rings is 3. The molecule has 0 aromatic heterocycles. The van der Waals surface area contributed by atoms with Gasteiger partial charge in [0.2, 0.25) is 0 Å². The van der Waals surface area contributed by atoms with Gasteiger partial charge in [0.05, 0.1) is 11.7 Å². The zero-order chi connectivity index (χ0) is 22.0. The van der Waals surface area contributed by atoms with Crippen LogP contribution in [0.4, 0.5) is 16.2 Å². The van der Waals surface area contributed by atoms with Gasteiger partial charge in [0.1, 0.15) is 0 Å². The van der Waals surface area contributed by atoms with Crippen LogP contribution in [-0.2, 0) is 11.2 Å². The quantitative estimate of drug-likeness (QED) is 0.496. The van der Waals surface area contributed by atoms with E-state index in [1.165, 1.54) is 10.5 Å². The first-order chi connectivity index (χ1) is 15.0. The molecule has 0 saturated carbocycles. The van der Waals surface area contributed by atoms with Crippen molar-refractivity contribution in [1.82, 2.24) is 0 Å². The van der Waals surface area contributed by atoms with E-state index in [9.17, 15) is 9.59 Å². The maximum atomic E-state index is 13.7. The van der Waals surface area contributed by atoms with Crippen molar-refractivity contribution >= 4 is 23.3 Å². The van der Waals surface area contributed by atoms with Gasteiger partial charge in [-0.1, -0.05) is 72.3 Å². The van der Waals surface area contributed by atoms with Crippen molar-refractivity contribution in [3.63, 3.8) is 0 Å². The van der Waals surface area contributed by atoms with Gasteiger partial charge in [0, 0.05) is 11.3 Å². The predicted molar refractivity (Wildman–Crippen MR) is 125 cm³/mol. The molecule has 1 atom stereocenters. The van der Waals surface area contributed by atoms with E-state index in [0.717, 1.165) is 23.2 Å². The molecule has 1 unspecified atom stereocenters. The Morgan fingerprint density at radius 2 is 1.32 bits per heavy atom. The number of aryl methyl sites for hydroxylation is 3. The van der Waals surface area contributed by atoms with Gasteiger partial charge in [-0.15, -0.1) is 0 Å². The Labute approximate surface area is 183 Å². The highest BCUT2D eigenvalue weighted by Crippen LogP contribution is 2.33. The Bertz CT molecular complexity index is 1100. The summed E-state index contributed by atoms with van der Waals surface area (Å²) in [6.07, 6.45) is 1.37. The van der Waals surface area contributed by atoms with E-state index in [0.29, 0.717) is 17.7 Å². The molecule has 1 aliphatic rings. The van der Waals surface area contributed by atoms with E-state index >= 15 is 0 Å².